The quantitative estimate of drug-likeness (QED) is 0.849. The van der Waals surface area contributed by atoms with Gasteiger partial charge in [-0.2, -0.15) is 0 Å². The molecule has 5 nitrogen and oxygen atoms in total. The van der Waals surface area contributed by atoms with Gasteiger partial charge >= 0.3 is 0 Å². The molecular weight excluding hydrogens is 354 g/mol. The monoisotopic (exact) mass is 369 g/mol. The van der Waals surface area contributed by atoms with Gasteiger partial charge in [-0.25, -0.2) is 18.1 Å². The van der Waals surface area contributed by atoms with Crippen molar-refractivity contribution >= 4 is 31.8 Å². The Balaban J connectivity index is 2.20. The molecule has 1 heterocycles. The highest BCUT2D eigenvalue weighted by atomic mass is 79.9. The number of anilines is 1. The van der Waals surface area contributed by atoms with Gasteiger partial charge in [-0.05, 0) is 36.8 Å². The minimum Gasteiger partial charge on any atom is -0.373 e. The number of nitrogens with one attached hydrogen (secondary N) is 2. The van der Waals surface area contributed by atoms with Crippen LogP contribution in [0.25, 0.3) is 0 Å². The van der Waals surface area contributed by atoms with Gasteiger partial charge in [-0.3, -0.25) is 0 Å². The van der Waals surface area contributed by atoms with E-state index in [1.807, 2.05) is 24.3 Å². The molecule has 1 atom stereocenters. The van der Waals surface area contributed by atoms with Crippen LogP contribution in [0.2, 0.25) is 0 Å². The maximum atomic E-state index is 12.3. The molecule has 0 aliphatic heterocycles. The highest BCUT2D eigenvalue weighted by Crippen LogP contribution is 2.20. The third-order valence-corrected chi connectivity index (χ3v) is 5.00. The molecule has 2 aromatic rings. The SMILES string of the molecule is CNc1ccc(S(=O)(=O)NC(C)c2cccc(Br)c2)cn1. The Bertz CT molecular complexity index is 717. The highest BCUT2D eigenvalue weighted by Gasteiger charge is 2.18. The largest absolute Gasteiger partial charge is 0.373 e. The van der Waals surface area contributed by atoms with E-state index in [0.717, 1.165) is 10.0 Å². The van der Waals surface area contributed by atoms with Gasteiger partial charge in [0.25, 0.3) is 0 Å². The minimum atomic E-state index is -3.60. The van der Waals surface area contributed by atoms with Gasteiger partial charge < -0.3 is 5.32 Å². The van der Waals surface area contributed by atoms with Gasteiger partial charge in [0.2, 0.25) is 10.0 Å². The number of nitrogens with zero attached hydrogens (tertiary/aromatic N) is 1. The molecule has 0 radical (unpaired) electrons. The molecule has 0 amide bonds. The molecule has 0 fully saturated rings. The minimum absolute atomic E-state index is 0.142. The van der Waals surface area contributed by atoms with Crippen molar-refractivity contribution in [3.05, 3.63) is 52.6 Å². The zero-order chi connectivity index (χ0) is 15.5. The first-order valence-corrected chi connectivity index (χ1v) is 8.61. The molecule has 112 valence electrons. The second-order valence-electron chi connectivity index (χ2n) is 4.53. The first-order valence-electron chi connectivity index (χ1n) is 6.34. The van der Waals surface area contributed by atoms with Crippen LogP contribution in [0.3, 0.4) is 0 Å². The fourth-order valence-corrected chi connectivity index (χ4v) is 3.43. The molecule has 21 heavy (non-hydrogen) atoms. The average molecular weight is 370 g/mol. The molecule has 2 N–H and O–H groups in total. The van der Waals surface area contributed by atoms with Gasteiger partial charge in [-0.15, -0.1) is 0 Å². The maximum Gasteiger partial charge on any atom is 0.242 e. The molecule has 1 aromatic heterocycles. The first kappa shape index (κ1) is 15.9. The normalized spacial score (nSPS) is 12.9. The van der Waals surface area contributed by atoms with Crippen LogP contribution >= 0.6 is 15.9 Å². The first-order chi connectivity index (χ1) is 9.92. The molecular formula is C14H16BrN3O2S. The Morgan fingerprint density at radius 2 is 2.00 bits per heavy atom. The third-order valence-electron chi connectivity index (χ3n) is 2.98. The van der Waals surface area contributed by atoms with Crippen molar-refractivity contribution in [1.29, 1.82) is 0 Å². The van der Waals surface area contributed by atoms with Crippen LogP contribution in [0.1, 0.15) is 18.5 Å². The van der Waals surface area contributed by atoms with Crippen LogP contribution in [0.4, 0.5) is 5.82 Å². The summed E-state index contributed by atoms with van der Waals surface area (Å²) in [6.45, 7) is 1.80. The number of halogens is 1. The van der Waals surface area contributed by atoms with Crippen LogP contribution in [-0.4, -0.2) is 20.4 Å². The Morgan fingerprint density at radius 1 is 1.24 bits per heavy atom. The van der Waals surface area contributed by atoms with Crippen molar-refractivity contribution in [2.75, 3.05) is 12.4 Å². The smallest absolute Gasteiger partial charge is 0.242 e. The number of pyridine rings is 1. The van der Waals surface area contributed by atoms with E-state index < -0.39 is 10.0 Å². The van der Waals surface area contributed by atoms with Gasteiger partial charge in [0.15, 0.2) is 0 Å². The third kappa shape index (κ3) is 4.03. The van der Waals surface area contributed by atoms with Gasteiger partial charge in [-0.1, -0.05) is 28.1 Å². The van der Waals surface area contributed by atoms with E-state index in [2.05, 4.69) is 31.0 Å². The maximum absolute atomic E-state index is 12.3. The van der Waals surface area contributed by atoms with Gasteiger partial charge in [0.05, 0.1) is 0 Å². The fourth-order valence-electron chi connectivity index (χ4n) is 1.83. The Morgan fingerprint density at radius 3 is 2.57 bits per heavy atom. The summed E-state index contributed by atoms with van der Waals surface area (Å²) >= 11 is 3.38. The lowest BCUT2D eigenvalue weighted by molar-refractivity contribution is 0.566. The molecule has 1 aromatic carbocycles. The lowest BCUT2D eigenvalue weighted by Gasteiger charge is -2.15. The van der Waals surface area contributed by atoms with Crippen molar-refractivity contribution < 1.29 is 8.42 Å². The molecule has 7 heteroatoms. The fraction of sp³-hybridized carbons (Fsp3) is 0.214. The predicted octanol–water partition coefficient (Wildman–Crippen LogP) is 2.93. The molecule has 0 saturated heterocycles. The van der Waals surface area contributed by atoms with Crippen LogP contribution in [0.5, 0.6) is 0 Å². The van der Waals surface area contributed by atoms with E-state index >= 15 is 0 Å². The second kappa shape index (κ2) is 6.55. The Hall–Kier alpha value is -1.44. The lowest BCUT2D eigenvalue weighted by atomic mass is 10.1. The number of hydrogen-bond donors (Lipinski definition) is 2. The number of hydrogen-bond acceptors (Lipinski definition) is 4. The number of rotatable bonds is 5. The van der Waals surface area contributed by atoms with E-state index in [1.54, 1.807) is 20.0 Å². The number of aromatic nitrogens is 1. The Labute approximate surface area is 133 Å². The zero-order valence-electron chi connectivity index (χ0n) is 11.7. The zero-order valence-corrected chi connectivity index (χ0v) is 14.1. The van der Waals surface area contributed by atoms with Gasteiger partial charge in [0.1, 0.15) is 10.7 Å². The van der Waals surface area contributed by atoms with Crippen LogP contribution in [-0.2, 0) is 10.0 Å². The average Bonchev–Trinajstić information content (AvgIpc) is 2.47. The topological polar surface area (TPSA) is 71.1 Å². The molecule has 1 unspecified atom stereocenters. The van der Waals surface area contributed by atoms with Crippen molar-refractivity contribution in [3.8, 4) is 0 Å². The predicted molar refractivity (Wildman–Crippen MR) is 86.7 cm³/mol. The molecule has 2 rings (SSSR count). The van der Waals surface area contributed by atoms with Crippen LogP contribution in [0, 0.1) is 0 Å². The van der Waals surface area contributed by atoms with Crippen molar-refractivity contribution in [2.24, 2.45) is 0 Å². The van der Waals surface area contributed by atoms with Crippen molar-refractivity contribution in [3.63, 3.8) is 0 Å². The van der Waals surface area contributed by atoms with E-state index in [9.17, 15) is 8.42 Å². The van der Waals surface area contributed by atoms with Crippen LogP contribution < -0.4 is 10.0 Å². The van der Waals surface area contributed by atoms with E-state index in [-0.39, 0.29) is 10.9 Å². The summed E-state index contributed by atoms with van der Waals surface area (Å²) < 4.78 is 28.2. The van der Waals surface area contributed by atoms with Crippen molar-refractivity contribution in [2.45, 2.75) is 17.9 Å². The second-order valence-corrected chi connectivity index (χ2v) is 7.16. The van der Waals surface area contributed by atoms with Crippen LogP contribution in [0.15, 0.2) is 52.0 Å². The summed E-state index contributed by atoms with van der Waals surface area (Å²) in [4.78, 5) is 4.16. The molecule has 0 aliphatic rings. The van der Waals surface area contributed by atoms with Gasteiger partial charge in [0, 0.05) is 23.8 Å². The summed E-state index contributed by atoms with van der Waals surface area (Å²) in [6, 6.07) is 10.3. The number of benzene rings is 1. The molecule has 0 saturated carbocycles. The summed E-state index contributed by atoms with van der Waals surface area (Å²) in [5.74, 6) is 0.619. The lowest BCUT2D eigenvalue weighted by Crippen LogP contribution is -2.27. The number of sulfonamides is 1. The van der Waals surface area contributed by atoms with E-state index in [0.29, 0.717) is 5.82 Å². The summed E-state index contributed by atoms with van der Waals surface area (Å²) in [5, 5.41) is 2.85. The van der Waals surface area contributed by atoms with E-state index in [4.69, 9.17) is 0 Å². The van der Waals surface area contributed by atoms with E-state index in [1.165, 1.54) is 12.3 Å². The van der Waals surface area contributed by atoms with Crippen molar-refractivity contribution in [1.82, 2.24) is 9.71 Å². The summed E-state index contributed by atoms with van der Waals surface area (Å²) in [7, 11) is -1.87. The standard InChI is InChI=1S/C14H16BrN3O2S/c1-10(11-4-3-5-12(15)8-11)18-21(19,20)13-6-7-14(16-2)17-9-13/h3-10,18H,1-2H3,(H,16,17). The molecule has 0 bridgehead atoms. The highest BCUT2D eigenvalue weighted by molar-refractivity contribution is 9.10. The summed E-state index contributed by atoms with van der Waals surface area (Å²) in [6.07, 6.45) is 1.34. The molecule has 0 spiro atoms. The Kier molecular flexibility index (Phi) is 4.97. The summed E-state index contributed by atoms with van der Waals surface area (Å²) in [5.41, 5.74) is 0.882. The molecule has 0 aliphatic carbocycles.